The summed E-state index contributed by atoms with van der Waals surface area (Å²) in [6, 6.07) is -1.51. The lowest BCUT2D eigenvalue weighted by atomic mass is 9.90. The molecule has 0 spiro atoms. The van der Waals surface area contributed by atoms with Gasteiger partial charge in [-0.15, -0.1) is 0 Å². The standard InChI is InChI=1S/C13H23N3O4/c1-4-13(5-2,6-3)15-12(20)16-8-10(17)14-7-9(16)11(18)19/h9H,4-8H2,1-3H3,(H,14,17)(H,15,20)(H,18,19). The lowest BCUT2D eigenvalue weighted by Crippen LogP contribution is -2.63. The van der Waals surface area contributed by atoms with E-state index in [2.05, 4.69) is 10.6 Å². The van der Waals surface area contributed by atoms with Crippen LogP contribution in [0, 0.1) is 0 Å². The summed E-state index contributed by atoms with van der Waals surface area (Å²) in [5, 5.41) is 14.5. The molecule has 1 atom stereocenters. The van der Waals surface area contributed by atoms with Crippen molar-refractivity contribution in [3.05, 3.63) is 0 Å². The third-order valence-electron chi connectivity index (χ3n) is 4.13. The molecule has 1 aliphatic heterocycles. The van der Waals surface area contributed by atoms with Crippen LogP contribution in [0.15, 0.2) is 0 Å². The normalized spacial score (nSPS) is 19.4. The molecule has 1 heterocycles. The molecule has 0 saturated carbocycles. The molecular weight excluding hydrogens is 262 g/mol. The van der Waals surface area contributed by atoms with E-state index in [1.807, 2.05) is 20.8 Å². The van der Waals surface area contributed by atoms with Crippen LogP contribution in [0.3, 0.4) is 0 Å². The van der Waals surface area contributed by atoms with Crippen molar-refractivity contribution in [2.24, 2.45) is 0 Å². The van der Waals surface area contributed by atoms with Gasteiger partial charge in [0.1, 0.15) is 12.6 Å². The molecule has 114 valence electrons. The third-order valence-corrected chi connectivity index (χ3v) is 4.13. The summed E-state index contributed by atoms with van der Waals surface area (Å²) in [6.45, 7) is 5.65. The van der Waals surface area contributed by atoms with Crippen LogP contribution >= 0.6 is 0 Å². The fourth-order valence-corrected chi connectivity index (χ4v) is 2.39. The zero-order valence-corrected chi connectivity index (χ0v) is 12.2. The van der Waals surface area contributed by atoms with E-state index in [1.165, 1.54) is 0 Å². The highest BCUT2D eigenvalue weighted by Gasteiger charge is 2.37. The summed E-state index contributed by atoms with van der Waals surface area (Å²) in [5.41, 5.74) is -0.353. The molecule has 0 aromatic heterocycles. The smallest absolute Gasteiger partial charge is 0.328 e. The van der Waals surface area contributed by atoms with Crippen molar-refractivity contribution in [1.29, 1.82) is 0 Å². The molecule has 0 aromatic carbocycles. The molecular formula is C13H23N3O4. The highest BCUT2D eigenvalue weighted by Crippen LogP contribution is 2.20. The van der Waals surface area contributed by atoms with Gasteiger partial charge in [0.25, 0.3) is 0 Å². The minimum absolute atomic E-state index is 0.0566. The van der Waals surface area contributed by atoms with Crippen LogP contribution in [0.25, 0.3) is 0 Å². The maximum Gasteiger partial charge on any atom is 0.328 e. The van der Waals surface area contributed by atoms with Crippen LogP contribution in [0.4, 0.5) is 4.79 Å². The van der Waals surface area contributed by atoms with Crippen molar-refractivity contribution in [2.45, 2.75) is 51.6 Å². The van der Waals surface area contributed by atoms with Gasteiger partial charge in [-0.05, 0) is 19.3 Å². The van der Waals surface area contributed by atoms with Crippen LogP contribution in [-0.2, 0) is 9.59 Å². The summed E-state index contributed by atoms with van der Waals surface area (Å²) in [6.07, 6.45) is 2.26. The van der Waals surface area contributed by atoms with Crippen LogP contribution in [-0.4, -0.2) is 52.6 Å². The van der Waals surface area contributed by atoms with E-state index in [0.29, 0.717) is 0 Å². The minimum atomic E-state index is -1.12. The van der Waals surface area contributed by atoms with Crippen molar-refractivity contribution >= 4 is 17.9 Å². The largest absolute Gasteiger partial charge is 0.480 e. The number of rotatable bonds is 5. The van der Waals surface area contributed by atoms with Crippen molar-refractivity contribution in [3.63, 3.8) is 0 Å². The predicted molar refractivity (Wildman–Crippen MR) is 73.3 cm³/mol. The van der Waals surface area contributed by atoms with E-state index in [4.69, 9.17) is 5.11 Å². The first kappa shape index (κ1) is 16.3. The fraction of sp³-hybridized carbons (Fsp3) is 0.769. The zero-order chi connectivity index (χ0) is 15.3. The van der Waals surface area contributed by atoms with E-state index in [1.54, 1.807) is 0 Å². The number of aliphatic carboxylic acids is 1. The van der Waals surface area contributed by atoms with Gasteiger partial charge in [-0.2, -0.15) is 0 Å². The van der Waals surface area contributed by atoms with Gasteiger partial charge in [0.2, 0.25) is 5.91 Å². The number of carboxylic acid groups (broad SMARTS) is 1. The zero-order valence-electron chi connectivity index (χ0n) is 12.2. The molecule has 1 rings (SSSR count). The van der Waals surface area contributed by atoms with Gasteiger partial charge in [-0.1, -0.05) is 20.8 Å². The third kappa shape index (κ3) is 3.40. The second kappa shape index (κ2) is 6.58. The van der Waals surface area contributed by atoms with Crippen LogP contribution in [0.2, 0.25) is 0 Å². The molecule has 3 N–H and O–H groups in total. The van der Waals surface area contributed by atoms with E-state index >= 15 is 0 Å². The minimum Gasteiger partial charge on any atom is -0.480 e. The number of nitrogens with one attached hydrogen (secondary N) is 2. The quantitative estimate of drug-likeness (QED) is 0.687. The highest BCUT2D eigenvalue weighted by molar-refractivity contribution is 5.90. The van der Waals surface area contributed by atoms with Crippen LogP contribution in [0.5, 0.6) is 0 Å². The van der Waals surface area contributed by atoms with Crippen LogP contribution in [0.1, 0.15) is 40.0 Å². The number of nitrogens with zero attached hydrogens (tertiary/aromatic N) is 1. The Balaban J connectivity index is 2.86. The molecule has 0 bridgehead atoms. The fourth-order valence-electron chi connectivity index (χ4n) is 2.39. The monoisotopic (exact) mass is 285 g/mol. The molecule has 1 saturated heterocycles. The Morgan fingerprint density at radius 3 is 2.35 bits per heavy atom. The highest BCUT2D eigenvalue weighted by atomic mass is 16.4. The van der Waals surface area contributed by atoms with E-state index < -0.39 is 18.0 Å². The second-order valence-electron chi connectivity index (χ2n) is 5.06. The molecule has 1 fully saturated rings. The number of carbonyl (C=O) groups is 3. The van der Waals surface area contributed by atoms with Gasteiger partial charge >= 0.3 is 12.0 Å². The van der Waals surface area contributed by atoms with Crippen molar-refractivity contribution < 1.29 is 19.5 Å². The van der Waals surface area contributed by atoms with E-state index in [0.717, 1.165) is 24.2 Å². The summed E-state index contributed by atoms with van der Waals surface area (Å²) in [7, 11) is 0. The van der Waals surface area contributed by atoms with Gasteiger partial charge in [0.15, 0.2) is 0 Å². The predicted octanol–water partition coefficient (Wildman–Crippen LogP) is 0.550. The maximum atomic E-state index is 12.3. The van der Waals surface area contributed by atoms with E-state index in [-0.39, 0.29) is 24.5 Å². The molecule has 0 radical (unpaired) electrons. The first-order chi connectivity index (χ1) is 9.39. The number of piperazine rings is 1. The molecule has 3 amide bonds. The van der Waals surface area contributed by atoms with Gasteiger partial charge in [-0.25, -0.2) is 9.59 Å². The lowest BCUT2D eigenvalue weighted by molar-refractivity contribution is -0.144. The average molecular weight is 285 g/mol. The van der Waals surface area contributed by atoms with Crippen molar-refractivity contribution in [1.82, 2.24) is 15.5 Å². The molecule has 1 aliphatic rings. The number of amides is 3. The van der Waals surface area contributed by atoms with Crippen molar-refractivity contribution in [3.8, 4) is 0 Å². The number of hydrogen-bond acceptors (Lipinski definition) is 3. The SMILES string of the molecule is CCC(CC)(CC)NC(=O)N1CC(=O)NCC1C(=O)O. The maximum absolute atomic E-state index is 12.3. The first-order valence-corrected chi connectivity index (χ1v) is 6.97. The van der Waals surface area contributed by atoms with Crippen LogP contribution < -0.4 is 10.6 Å². The summed E-state index contributed by atoms with van der Waals surface area (Å²) < 4.78 is 0. The van der Waals surface area contributed by atoms with Gasteiger partial charge in [-0.3, -0.25) is 9.69 Å². The Hall–Kier alpha value is -1.79. The summed E-state index contributed by atoms with van der Waals surface area (Å²) in [5.74, 6) is -1.46. The topological polar surface area (TPSA) is 98.7 Å². The summed E-state index contributed by atoms with van der Waals surface area (Å²) in [4.78, 5) is 36.0. The molecule has 7 nitrogen and oxygen atoms in total. The Morgan fingerprint density at radius 1 is 1.35 bits per heavy atom. The Labute approximate surface area is 118 Å². The first-order valence-electron chi connectivity index (χ1n) is 6.97. The Bertz CT molecular complexity index is 385. The lowest BCUT2D eigenvalue weighted by Gasteiger charge is -2.38. The van der Waals surface area contributed by atoms with Crippen molar-refractivity contribution in [2.75, 3.05) is 13.1 Å². The Kier molecular flexibility index (Phi) is 5.35. The molecule has 0 aromatic rings. The number of carbonyl (C=O) groups excluding carboxylic acids is 2. The number of hydrogen-bond donors (Lipinski definition) is 3. The van der Waals surface area contributed by atoms with Gasteiger partial charge in [0, 0.05) is 12.1 Å². The molecule has 0 aliphatic carbocycles. The van der Waals surface area contributed by atoms with Gasteiger partial charge < -0.3 is 15.7 Å². The van der Waals surface area contributed by atoms with Gasteiger partial charge in [0.05, 0.1) is 0 Å². The molecule has 20 heavy (non-hydrogen) atoms. The average Bonchev–Trinajstić information content (AvgIpc) is 2.44. The van der Waals surface area contributed by atoms with E-state index in [9.17, 15) is 14.4 Å². The summed E-state index contributed by atoms with van der Waals surface area (Å²) >= 11 is 0. The Morgan fingerprint density at radius 2 is 1.90 bits per heavy atom. The molecule has 7 heteroatoms. The number of urea groups is 1. The molecule has 1 unspecified atom stereocenters. The second-order valence-corrected chi connectivity index (χ2v) is 5.06. The number of carboxylic acids is 1.